The lowest BCUT2D eigenvalue weighted by Gasteiger charge is -2.03. The van der Waals surface area contributed by atoms with Crippen LogP contribution in [0, 0.1) is 13.8 Å². The van der Waals surface area contributed by atoms with E-state index in [1.165, 1.54) is 33.1 Å². The van der Waals surface area contributed by atoms with Gasteiger partial charge in [-0.1, -0.05) is 17.7 Å². The van der Waals surface area contributed by atoms with Crippen LogP contribution in [0.1, 0.15) is 21.1 Å². The highest BCUT2D eigenvalue weighted by Gasteiger charge is 2.12. The van der Waals surface area contributed by atoms with Crippen molar-refractivity contribution in [1.29, 1.82) is 0 Å². The average molecular weight is 442 g/mol. The zero-order chi connectivity index (χ0) is 20.2. The molecule has 1 N–H and O–H groups in total. The first-order valence-electron chi connectivity index (χ1n) is 9.00. The van der Waals surface area contributed by atoms with Crippen LogP contribution in [0.15, 0.2) is 47.2 Å². The minimum absolute atomic E-state index is 0.121. The standard InChI is InChI=1S/C21H19N3O2S3/c1-13-3-6-16(7-4-13)26-10-20-22-15(11-27-20)9-19(25)24-21-23-17(12-28-21)18-8-5-14(2)29-18/h3-8,11-12H,9-10H2,1-2H3,(H,23,24,25). The molecule has 29 heavy (non-hydrogen) atoms. The smallest absolute Gasteiger partial charge is 0.232 e. The highest BCUT2D eigenvalue weighted by molar-refractivity contribution is 7.17. The highest BCUT2D eigenvalue weighted by Crippen LogP contribution is 2.30. The number of thiazole rings is 2. The van der Waals surface area contributed by atoms with Crippen LogP contribution in [0.3, 0.4) is 0 Å². The first-order chi connectivity index (χ1) is 14.0. The van der Waals surface area contributed by atoms with Gasteiger partial charge in [-0.25, -0.2) is 9.97 Å². The summed E-state index contributed by atoms with van der Waals surface area (Å²) >= 11 is 4.62. The quantitative estimate of drug-likeness (QED) is 0.399. The van der Waals surface area contributed by atoms with Crippen molar-refractivity contribution in [2.24, 2.45) is 0 Å². The first kappa shape index (κ1) is 19.8. The third kappa shape index (κ3) is 5.29. The second-order valence-electron chi connectivity index (χ2n) is 6.51. The van der Waals surface area contributed by atoms with Crippen molar-refractivity contribution in [2.45, 2.75) is 26.9 Å². The van der Waals surface area contributed by atoms with Crippen LogP contribution >= 0.6 is 34.0 Å². The van der Waals surface area contributed by atoms with Gasteiger partial charge in [0, 0.05) is 15.6 Å². The molecule has 0 saturated heterocycles. The predicted molar refractivity (Wildman–Crippen MR) is 120 cm³/mol. The molecule has 0 aliphatic carbocycles. The van der Waals surface area contributed by atoms with Gasteiger partial charge in [0.25, 0.3) is 0 Å². The normalized spacial score (nSPS) is 10.8. The number of aromatic nitrogens is 2. The number of ether oxygens (including phenoxy) is 1. The Hall–Kier alpha value is -2.55. The molecule has 148 valence electrons. The van der Waals surface area contributed by atoms with Gasteiger partial charge in [-0.2, -0.15) is 0 Å². The van der Waals surface area contributed by atoms with Gasteiger partial charge in [-0.05, 0) is 38.1 Å². The molecule has 0 unspecified atom stereocenters. The van der Waals surface area contributed by atoms with E-state index in [2.05, 4.69) is 34.3 Å². The van der Waals surface area contributed by atoms with Gasteiger partial charge in [-0.15, -0.1) is 34.0 Å². The molecule has 0 aliphatic heterocycles. The van der Waals surface area contributed by atoms with Crippen LogP contribution in [-0.2, 0) is 17.8 Å². The summed E-state index contributed by atoms with van der Waals surface area (Å²) in [5, 5.41) is 8.18. The summed E-state index contributed by atoms with van der Waals surface area (Å²) in [5.74, 6) is 0.690. The van der Waals surface area contributed by atoms with Gasteiger partial charge in [0.05, 0.1) is 22.7 Å². The Morgan fingerprint density at radius 2 is 1.86 bits per heavy atom. The fourth-order valence-electron chi connectivity index (χ4n) is 2.62. The summed E-state index contributed by atoms with van der Waals surface area (Å²) in [4.78, 5) is 23.7. The number of nitrogens with zero attached hydrogens (tertiary/aromatic N) is 2. The molecule has 5 nitrogen and oxygen atoms in total. The molecule has 3 aromatic heterocycles. The summed E-state index contributed by atoms with van der Waals surface area (Å²) in [7, 11) is 0. The van der Waals surface area contributed by atoms with Crippen LogP contribution < -0.4 is 10.1 Å². The number of aryl methyl sites for hydroxylation is 2. The molecular weight excluding hydrogens is 422 g/mol. The third-order valence-corrected chi connectivity index (χ3v) is 6.72. The van der Waals surface area contributed by atoms with Crippen LogP contribution in [-0.4, -0.2) is 15.9 Å². The SMILES string of the molecule is Cc1ccc(OCc2nc(CC(=O)Nc3nc(-c4ccc(C)s4)cs3)cs2)cc1. The molecule has 0 atom stereocenters. The molecule has 0 bridgehead atoms. The Morgan fingerprint density at radius 1 is 1.03 bits per heavy atom. The zero-order valence-corrected chi connectivity index (χ0v) is 18.4. The molecule has 1 aromatic carbocycles. The average Bonchev–Trinajstić information content (AvgIpc) is 3.43. The summed E-state index contributed by atoms with van der Waals surface area (Å²) in [6, 6.07) is 12.0. The number of hydrogen-bond acceptors (Lipinski definition) is 7. The highest BCUT2D eigenvalue weighted by atomic mass is 32.1. The molecule has 0 saturated carbocycles. The van der Waals surface area contributed by atoms with Gasteiger partial charge >= 0.3 is 0 Å². The first-order valence-corrected chi connectivity index (χ1v) is 11.6. The van der Waals surface area contributed by atoms with Crippen LogP contribution in [0.4, 0.5) is 5.13 Å². The molecule has 4 aromatic rings. The predicted octanol–water partition coefficient (Wildman–Crippen LogP) is 5.71. The molecule has 0 aliphatic rings. The Morgan fingerprint density at radius 3 is 2.62 bits per heavy atom. The number of anilines is 1. The van der Waals surface area contributed by atoms with Gasteiger partial charge in [0.15, 0.2) is 5.13 Å². The van der Waals surface area contributed by atoms with Crippen molar-refractivity contribution >= 4 is 45.0 Å². The number of benzene rings is 1. The number of rotatable bonds is 7. The third-order valence-electron chi connectivity index (χ3n) is 4.07. The summed E-state index contributed by atoms with van der Waals surface area (Å²) in [6.07, 6.45) is 0.216. The second kappa shape index (κ2) is 8.86. The number of carbonyl (C=O) groups is 1. The van der Waals surface area contributed by atoms with Crippen molar-refractivity contribution in [2.75, 3.05) is 5.32 Å². The van der Waals surface area contributed by atoms with Crippen molar-refractivity contribution < 1.29 is 9.53 Å². The fraction of sp³-hybridized carbons (Fsp3) is 0.190. The van der Waals surface area contributed by atoms with Crippen molar-refractivity contribution in [3.8, 4) is 16.3 Å². The number of carbonyl (C=O) groups excluding carboxylic acids is 1. The number of nitrogens with one attached hydrogen (secondary N) is 1. The topological polar surface area (TPSA) is 64.1 Å². The van der Waals surface area contributed by atoms with Crippen LogP contribution in [0.25, 0.3) is 10.6 Å². The van der Waals surface area contributed by atoms with Gasteiger partial charge in [0.2, 0.25) is 5.91 Å². The zero-order valence-electron chi connectivity index (χ0n) is 16.0. The lowest BCUT2D eigenvalue weighted by Crippen LogP contribution is -2.14. The van der Waals surface area contributed by atoms with E-state index in [0.29, 0.717) is 11.7 Å². The summed E-state index contributed by atoms with van der Waals surface area (Å²) in [5.41, 5.74) is 2.83. The minimum Gasteiger partial charge on any atom is -0.486 e. The minimum atomic E-state index is -0.121. The van der Waals surface area contributed by atoms with E-state index in [4.69, 9.17) is 4.74 Å². The summed E-state index contributed by atoms with van der Waals surface area (Å²) < 4.78 is 5.75. The Kier molecular flexibility index (Phi) is 6.03. The Labute approximate surface area is 181 Å². The van der Waals surface area contributed by atoms with E-state index in [1.54, 1.807) is 11.3 Å². The maximum absolute atomic E-state index is 12.3. The largest absolute Gasteiger partial charge is 0.486 e. The molecule has 8 heteroatoms. The van der Waals surface area contributed by atoms with Gasteiger partial charge in [0.1, 0.15) is 17.4 Å². The fourth-order valence-corrected chi connectivity index (χ4v) is 4.96. The Bertz CT molecular complexity index is 1110. The van der Waals surface area contributed by atoms with E-state index in [0.717, 1.165) is 27.0 Å². The van der Waals surface area contributed by atoms with Crippen LogP contribution in [0.2, 0.25) is 0 Å². The molecule has 4 rings (SSSR count). The molecular formula is C21H19N3O2S3. The second-order valence-corrected chi connectivity index (χ2v) is 9.60. The summed E-state index contributed by atoms with van der Waals surface area (Å²) in [6.45, 7) is 4.50. The van der Waals surface area contributed by atoms with E-state index < -0.39 is 0 Å². The van der Waals surface area contributed by atoms with E-state index in [1.807, 2.05) is 41.9 Å². The molecule has 1 amide bonds. The number of amides is 1. The van der Waals surface area contributed by atoms with Gasteiger partial charge < -0.3 is 10.1 Å². The van der Waals surface area contributed by atoms with Crippen molar-refractivity contribution in [1.82, 2.24) is 9.97 Å². The van der Waals surface area contributed by atoms with E-state index in [-0.39, 0.29) is 12.3 Å². The Balaban J connectivity index is 1.30. The van der Waals surface area contributed by atoms with Crippen molar-refractivity contribution in [3.63, 3.8) is 0 Å². The number of hydrogen-bond donors (Lipinski definition) is 1. The van der Waals surface area contributed by atoms with Gasteiger partial charge in [-0.3, -0.25) is 4.79 Å². The number of thiophene rings is 1. The lowest BCUT2D eigenvalue weighted by molar-refractivity contribution is -0.115. The molecule has 3 heterocycles. The maximum Gasteiger partial charge on any atom is 0.232 e. The molecule has 0 radical (unpaired) electrons. The maximum atomic E-state index is 12.3. The van der Waals surface area contributed by atoms with E-state index >= 15 is 0 Å². The van der Waals surface area contributed by atoms with Crippen LogP contribution in [0.5, 0.6) is 5.75 Å². The molecule has 0 fully saturated rings. The monoisotopic (exact) mass is 441 g/mol. The van der Waals surface area contributed by atoms with E-state index in [9.17, 15) is 4.79 Å². The van der Waals surface area contributed by atoms with Crippen molar-refractivity contribution in [3.05, 3.63) is 68.3 Å². The molecule has 0 spiro atoms. The lowest BCUT2D eigenvalue weighted by atomic mass is 10.2.